The van der Waals surface area contributed by atoms with Crippen LogP contribution in [0.5, 0.6) is 0 Å². The molecule has 0 N–H and O–H groups in total. The molecule has 0 fully saturated rings. The van der Waals surface area contributed by atoms with Gasteiger partial charge in [0.1, 0.15) is 0 Å². The van der Waals surface area contributed by atoms with Crippen molar-refractivity contribution in [1.29, 1.82) is 0 Å². The zero-order valence-electron chi connectivity index (χ0n) is 9.59. The summed E-state index contributed by atoms with van der Waals surface area (Å²) in [6.07, 6.45) is 0. The number of nitrogens with zero attached hydrogens (tertiary/aromatic N) is 1. The predicted octanol–water partition coefficient (Wildman–Crippen LogP) is 2.97. The van der Waals surface area contributed by atoms with Crippen molar-refractivity contribution in [3.05, 3.63) is 29.3 Å². The Kier molecular flexibility index (Phi) is 5.12. The average molecular weight is 272 g/mol. The van der Waals surface area contributed by atoms with Gasteiger partial charge < -0.3 is 9.64 Å². The first-order chi connectivity index (χ1) is 7.19. The third kappa shape index (κ3) is 3.50. The van der Waals surface area contributed by atoms with Crippen molar-refractivity contribution in [2.24, 2.45) is 0 Å². The van der Waals surface area contributed by atoms with Crippen LogP contribution in [0.1, 0.15) is 11.1 Å². The van der Waals surface area contributed by atoms with Gasteiger partial charge in [-0.25, -0.2) is 0 Å². The van der Waals surface area contributed by atoms with E-state index in [-0.39, 0.29) is 0 Å². The number of halogens is 1. The highest BCUT2D eigenvalue weighted by Gasteiger charge is 2.03. The fourth-order valence-electron chi connectivity index (χ4n) is 1.42. The third-order valence-corrected chi connectivity index (χ3v) is 3.15. The number of likely N-dealkylation sites (N-methyl/N-ethyl adjacent to an activating group) is 1. The first kappa shape index (κ1) is 12.5. The van der Waals surface area contributed by atoms with E-state index in [1.807, 2.05) is 0 Å². The highest BCUT2D eigenvalue weighted by atomic mass is 79.9. The molecule has 0 aliphatic rings. The zero-order chi connectivity index (χ0) is 11.3. The molecule has 1 aromatic carbocycles. The number of methoxy groups -OCH3 is 1. The molecule has 0 radical (unpaired) electrons. The molecule has 0 aromatic heterocycles. The van der Waals surface area contributed by atoms with Crippen molar-refractivity contribution in [1.82, 2.24) is 0 Å². The molecule has 0 heterocycles. The summed E-state index contributed by atoms with van der Waals surface area (Å²) in [5, 5.41) is 0.918. The van der Waals surface area contributed by atoms with Gasteiger partial charge in [0.05, 0.1) is 6.61 Å². The van der Waals surface area contributed by atoms with Crippen LogP contribution in [0.15, 0.2) is 18.2 Å². The summed E-state index contributed by atoms with van der Waals surface area (Å²) in [6.45, 7) is 3.82. The maximum absolute atomic E-state index is 5.06. The number of rotatable bonds is 5. The quantitative estimate of drug-likeness (QED) is 0.764. The Morgan fingerprint density at radius 1 is 1.40 bits per heavy atom. The number of anilines is 1. The standard InChI is InChI=1S/C12H18BrNO/c1-10-8-12(5-4-11(10)9-13)14(2)6-7-15-3/h4-5,8H,6-7,9H2,1-3H3. The van der Waals surface area contributed by atoms with E-state index >= 15 is 0 Å². The summed E-state index contributed by atoms with van der Waals surface area (Å²) >= 11 is 3.48. The van der Waals surface area contributed by atoms with Gasteiger partial charge in [-0.2, -0.15) is 0 Å². The van der Waals surface area contributed by atoms with Crippen molar-refractivity contribution in [3.63, 3.8) is 0 Å². The number of hydrogen-bond acceptors (Lipinski definition) is 2. The maximum atomic E-state index is 5.06. The smallest absolute Gasteiger partial charge is 0.0637 e. The molecule has 84 valence electrons. The van der Waals surface area contributed by atoms with E-state index in [2.05, 4.69) is 53.0 Å². The molecular formula is C12H18BrNO. The molecular weight excluding hydrogens is 254 g/mol. The molecule has 0 bridgehead atoms. The largest absolute Gasteiger partial charge is 0.383 e. The Morgan fingerprint density at radius 3 is 2.67 bits per heavy atom. The SMILES string of the molecule is COCCN(C)c1ccc(CBr)c(C)c1. The molecule has 0 saturated heterocycles. The minimum atomic E-state index is 0.760. The van der Waals surface area contributed by atoms with E-state index in [0.717, 1.165) is 18.5 Å². The highest BCUT2D eigenvalue weighted by Crippen LogP contribution is 2.19. The highest BCUT2D eigenvalue weighted by molar-refractivity contribution is 9.08. The summed E-state index contributed by atoms with van der Waals surface area (Å²) < 4.78 is 5.06. The van der Waals surface area contributed by atoms with Crippen molar-refractivity contribution in [3.8, 4) is 0 Å². The number of ether oxygens (including phenoxy) is 1. The van der Waals surface area contributed by atoms with Gasteiger partial charge in [-0.1, -0.05) is 22.0 Å². The van der Waals surface area contributed by atoms with E-state index in [1.165, 1.54) is 16.8 Å². The molecule has 2 nitrogen and oxygen atoms in total. The monoisotopic (exact) mass is 271 g/mol. The van der Waals surface area contributed by atoms with Crippen molar-refractivity contribution < 1.29 is 4.74 Å². The number of aryl methyl sites for hydroxylation is 1. The van der Waals surface area contributed by atoms with Crippen LogP contribution in [-0.4, -0.2) is 27.3 Å². The van der Waals surface area contributed by atoms with Crippen LogP contribution in [0.3, 0.4) is 0 Å². The van der Waals surface area contributed by atoms with Crippen molar-refractivity contribution in [2.75, 3.05) is 32.2 Å². The number of hydrogen-bond donors (Lipinski definition) is 0. The average Bonchev–Trinajstić information content (AvgIpc) is 2.25. The van der Waals surface area contributed by atoms with Crippen LogP contribution in [-0.2, 0) is 10.1 Å². The fourth-order valence-corrected chi connectivity index (χ4v) is 2.05. The summed E-state index contributed by atoms with van der Waals surface area (Å²) in [5.74, 6) is 0. The molecule has 15 heavy (non-hydrogen) atoms. The van der Waals surface area contributed by atoms with Crippen LogP contribution in [0.4, 0.5) is 5.69 Å². The van der Waals surface area contributed by atoms with Crippen LogP contribution in [0.2, 0.25) is 0 Å². The molecule has 0 atom stereocenters. The first-order valence-corrected chi connectivity index (χ1v) is 6.16. The van der Waals surface area contributed by atoms with Gasteiger partial charge >= 0.3 is 0 Å². The zero-order valence-corrected chi connectivity index (χ0v) is 11.2. The van der Waals surface area contributed by atoms with Crippen LogP contribution in [0, 0.1) is 6.92 Å². The third-order valence-electron chi connectivity index (χ3n) is 2.54. The molecule has 0 aliphatic heterocycles. The van der Waals surface area contributed by atoms with Gasteiger partial charge in [0.25, 0.3) is 0 Å². The second kappa shape index (κ2) is 6.13. The maximum Gasteiger partial charge on any atom is 0.0637 e. The summed E-state index contributed by atoms with van der Waals surface area (Å²) in [7, 11) is 3.81. The Labute approximate surface area is 100 Å². The summed E-state index contributed by atoms with van der Waals surface area (Å²) in [4.78, 5) is 2.20. The number of benzene rings is 1. The second-order valence-corrected chi connectivity index (χ2v) is 4.22. The van der Waals surface area contributed by atoms with Gasteiger partial charge in [0.15, 0.2) is 0 Å². The minimum absolute atomic E-state index is 0.760. The molecule has 0 saturated carbocycles. The first-order valence-electron chi connectivity index (χ1n) is 5.04. The lowest BCUT2D eigenvalue weighted by Gasteiger charge is -2.19. The van der Waals surface area contributed by atoms with Crippen LogP contribution in [0.25, 0.3) is 0 Å². The molecule has 1 aromatic rings. The van der Waals surface area contributed by atoms with Gasteiger partial charge in [0.2, 0.25) is 0 Å². The molecule has 0 amide bonds. The number of alkyl halides is 1. The Bertz CT molecular complexity index is 314. The Morgan fingerprint density at radius 2 is 2.13 bits per heavy atom. The Balaban J connectivity index is 2.73. The topological polar surface area (TPSA) is 12.5 Å². The van der Waals surface area contributed by atoms with Gasteiger partial charge in [0, 0.05) is 31.7 Å². The summed E-state index contributed by atoms with van der Waals surface area (Å²) in [6, 6.07) is 6.54. The van der Waals surface area contributed by atoms with Crippen LogP contribution < -0.4 is 4.90 Å². The molecule has 0 aliphatic carbocycles. The lowest BCUT2D eigenvalue weighted by atomic mass is 10.1. The fraction of sp³-hybridized carbons (Fsp3) is 0.500. The summed E-state index contributed by atoms with van der Waals surface area (Å²) in [5.41, 5.74) is 3.92. The molecule has 0 spiro atoms. The van der Waals surface area contributed by atoms with E-state index in [9.17, 15) is 0 Å². The molecule has 3 heteroatoms. The van der Waals surface area contributed by atoms with E-state index in [1.54, 1.807) is 7.11 Å². The molecule has 1 rings (SSSR count). The van der Waals surface area contributed by atoms with E-state index < -0.39 is 0 Å². The van der Waals surface area contributed by atoms with Gasteiger partial charge in [-0.3, -0.25) is 0 Å². The molecule has 0 unspecified atom stereocenters. The predicted molar refractivity (Wildman–Crippen MR) is 69.0 cm³/mol. The minimum Gasteiger partial charge on any atom is -0.383 e. The van der Waals surface area contributed by atoms with E-state index in [4.69, 9.17) is 4.74 Å². The van der Waals surface area contributed by atoms with Crippen molar-refractivity contribution in [2.45, 2.75) is 12.3 Å². The van der Waals surface area contributed by atoms with Crippen molar-refractivity contribution >= 4 is 21.6 Å². The van der Waals surface area contributed by atoms with E-state index in [0.29, 0.717) is 0 Å². The van der Waals surface area contributed by atoms with Crippen LogP contribution >= 0.6 is 15.9 Å². The lowest BCUT2D eigenvalue weighted by Crippen LogP contribution is -2.22. The Hall–Kier alpha value is -0.540. The normalized spacial score (nSPS) is 10.4. The van der Waals surface area contributed by atoms with Gasteiger partial charge in [-0.15, -0.1) is 0 Å². The van der Waals surface area contributed by atoms with Gasteiger partial charge in [-0.05, 0) is 30.2 Å². The lowest BCUT2D eigenvalue weighted by molar-refractivity contribution is 0.206. The second-order valence-electron chi connectivity index (χ2n) is 3.66.